The van der Waals surface area contributed by atoms with Gasteiger partial charge in [0.25, 0.3) is 0 Å². The number of imidazole rings is 5. The maximum Gasteiger partial charge on any atom is 0.328 e. The first kappa shape index (κ1) is 81.3. The minimum absolute atomic E-state index is 0.129. The van der Waals surface area contributed by atoms with E-state index in [1.807, 2.05) is 176 Å². The molecule has 0 radical (unpaired) electrons. The standard InChI is InChI=1S/C18H19N5O3.2C17H17N5O3.2C16H15N5O3/c19-15-14-16-22-17(21-15)26-9-4-2-1-3-8-25-13-7-5-6-12(10-13)11-23(16)18(24)20-14;2*18-14-13-15-21-16(20-14)25-8-3-1-2-7-24-12-6-4-5-11(9-12)10-22(15)17(23)19-13;2*17-13-12-14-20-15(19-13)24-7-2-1-6-23-11-5-3-4-10(8-11)9-21(14)16(22)18-12/h1,3,5-7,10H,2,4,8-9,11H2,(H,20,24)(H2,19,21,22);2*1-2,4-6,9H,3,7-8,10H2,(H,19,23)(H2,18,20,21);2*1-5,8H,6-7,9H2,(H,18,22)(H2,17,19,20)/b3-1+;2-1+;2-1-;2-1+;2-1-. The van der Waals surface area contributed by atoms with Crippen LogP contribution in [0.5, 0.6) is 58.8 Å². The van der Waals surface area contributed by atoms with Gasteiger partial charge in [0.15, 0.2) is 57.3 Å². The maximum absolute atomic E-state index is 12.4. The molecule has 40 nitrogen and oxygen atoms in total. The summed E-state index contributed by atoms with van der Waals surface area (Å²) in [5, 5.41) is 0. The van der Waals surface area contributed by atoms with Crippen molar-refractivity contribution in [2.24, 2.45) is 0 Å². The molecule has 0 unspecified atom stereocenters. The van der Waals surface area contributed by atoms with E-state index in [1.165, 1.54) is 22.8 Å². The molecule has 15 heterocycles. The number of nitrogen functional groups attached to an aromatic ring is 5. The number of rotatable bonds is 0. The van der Waals surface area contributed by atoms with Gasteiger partial charge in [-0.1, -0.05) is 97.1 Å². The van der Waals surface area contributed by atoms with Crippen LogP contribution in [0.4, 0.5) is 29.1 Å². The molecule has 15 N–H and O–H groups in total. The van der Waals surface area contributed by atoms with Gasteiger partial charge in [-0.3, -0.25) is 22.8 Å². The highest BCUT2D eigenvalue weighted by Crippen LogP contribution is 2.28. The molecule has 5 aromatic carbocycles. The molecule has 20 bridgehead atoms. The molecule has 634 valence electrons. The second kappa shape index (κ2) is 37.7. The molecule has 0 spiro atoms. The van der Waals surface area contributed by atoms with E-state index in [9.17, 15) is 24.0 Å². The van der Waals surface area contributed by atoms with E-state index in [-0.39, 0.29) is 101 Å². The molecule has 20 rings (SSSR count). The monoisotopic (exact) mass is 1680 g/mol. The van der Waals surface area contributed by atoms with E-state index in [4.69, 9.17) is 76.0 Å². The van der Waals surface area contributed by atoms with E-state index in [1.54, 1.807) is 0 Å². The van der Waals surface area contributed by atoms with Crippen LogP contribution in [0.3, 0.4) is 0 Å². The lowest BCUT2D eigenvalue weighted by atomic mass is 10.2. The topological polar surface area (TPSA) is 540 Å². The van der Waals surface area contributed by atoms with Crippen LogP contribution in [0.1, 0.15) is 53.5 Å². The first-order valence-electron chi connectivity index (χ1n) is 39.3. The Morgan fingerprint density at radius 2 is 0.468 bits per heavy atom. The van der Waals surface area contributed by atoms with Crippen LogP contribution in [0.15, 0.2) is 206 Å². The van der Waals surface area contributed by atoms with Crippen LogP contribution in [0.2, 0.25) is 0 Å². The number of allylic oxidation sites excluding steroid dienone is 1. The average Bonchev–Trinajstić information content (AvgIpc) is 1.65. The molecule has 0 fully saturated rings. The van der Waals surface area contributed by atoms with E-state index in [2.05, 4.69) is 80.8 Å². The number of fused-ring (bicyclic) bond motifs is 15. The number of aromatic amines is 5. The van der Waals surface area contributed by atoms with Crippen molar-refractivity contribution in [3.63, 3.8) is 0 Å². The number of aromatic nitrogens is 20. The molecular weight excluding hydrogens is 1600 g/mol. The molecule has 5 aliphatic rings. The van der Waals surface area contributed by atoms with Crippen LogP contribution in [-0.4, -0.2) is 164 Å². The smallest absolute Gasteiger partial charge is 0.328 e. The lowest BCUT2D eigenvalue weighted by molar-refractivity contribution is 0.288. The van der Waals surface area contributed by atoms with Crippen molar-refractivity contribution in [1.82, 2.24) is 97.6 Å². The molecule has 40 heteroatoms. The van der Waals surface area contributed by atoms with Crippen molar-refractivity contribution in [1.29, 1.82) is 0 Å². The highest BCUT2D eigenvalue weighted by molar-refractivity contribution is 5.85. The molecule has 0 saturated carbocycles. The van der Waals surface area contributed by atoms with Crippen LogP contribution in [0, 0.1) is 0 Å². The Bertz CT molecular complexity index is 6580. The largest absolute Gasteiger partial charge is 0.490 e. The second-order valence-corrected chi connectivity index (χ2v) is 28.1. The minimum atomic E-state index is -0.304. The number of hydrogen-bond acceptors (Lipinski definition) is 30. The Labute approximate surface area is 701 Å². The second-order valence-electron chi connectivity index (χ2n) is 28.1. The Kier molecular flexibility index (Phi) is 24.7. The predicted octanol–water partition coefficient (Wildman–Crippen LogP) is 6.95. The highest BCUT2D eigenvalue weighted by atomic mass is 16.5. The lowest BCUT2D eigenvalue weighted by Gasteiger charge is -2.09. The summed E-state index contributed by atoms with van der Waals surface area (Å²) in [5.41, 5.74) is 36.9. The van der Waals surface area contributed by atoms with Crippen LogP contribution < -0.4 is 104 Å². The van der Waals surface area contributed by atoms with Gasteiger partial charge in [0.05, 0.1) is 52.5 Å². The molecule has 15 aromatic rings. The van der Waals surface area contributed by atoms with Crippen molar-refractivity contribution in [3.8, 4) is 58.8 Å². The van der Waals surface area contributed by atoms with Gasteiger partial charge in [0, 0.05) is 0 Å². The van der Waals surface area contributed by atoms with Gasteiger partial charge in [-0.2, -0.15) is 49.8 Å². The highest BCUT2D eigenvalue weighted by Gasteiger charge is 2.22. The van der Waals surface area contributed by atoms with Gasteiger partial charge in [0.2, 0.25) is 0 Å². The molecule has 0 aliphatic carbocycles. The van der Waals surface area contributed by atoms with Crippen molar-refractivity contribution in [2.75, 3.05) is 94.7 Å². The van der Waals surface area contributed by atoms with E-state index >= 15 is 0 Å². The number of nitrogens with one attached hydrogen (secondary N) is 5. The number of hydrogen-bond donors (Lipinski definition) is 10. The minimum Gasteiger partial charge on any atom is -0.490 e. The quantitative estimate of drug-likeness (QED) is 0.0686. The van der Waals surface area contributed by atoms with Crippen molar-refractivity contribution >= 4 is 84.9 Å². The lowest BCUT2D eigenvalue weighted by Crippen LogP contribution is -2.18. The van der Waals surface area contributed by atoms with Crippen molar-refractivity contribution < 1.29 is 47.4 Å². The predicted molar refractivity (Wildman–Crippen MR) is 460 cm³/mol. The summed E-state index contributed by atoms with van der Waals surface area (Å²) in [6.45, 7) is 5.79. The SMILES string of the molecule is Nc1nc2nc3c1[nH]c(=O)n3Cc1cccc(c1)OC/C=C/CCCO2.Nc1nc2nc3c1[nH]c(=O)n3Cc1cccc(c1)OC/C=C/CCO2.Nc1nc2nc3c1[nH]c(=O)n3Cc1cccc(c1)OC/C=C/CO2.Nc1nc2nc3c1[nH]c(=O)n3Cc1cccc(c1)OC/C=C\CCO2.Nc1nc2nc3c1[nH]c(=O)n3Cc1cccc(c1)OC/C=C\CO2. The number of nitrogens with two attached hydrogens (primary N) is 5. The Morgan fingerprint density at radius 1 is 0.250 bits per heavy atom. The summed E-state index contributed by atoms with van der Waals surface area (Å²) < 4.78 is 63.7. The molecular formula is C84H83N25O15. The molecule has 5 aliphatic heterocycles. The van der Waals surface area contributed by atoms with E-state index < -0.39 is 0 Å². The van der Waals surface area contributed by atoms with Gasteiger partial charge < -0.3 is 101 Å². The summed E-state index contributed by atoms with van der Waals surface area (Å²) in [6, 6.07) is 38.7. The maximum atomic E-state index is 12.4. The average molecular weight is 1680 g/mol. The number of nitrogens with zero attached hydrogens (tertiary/aromatic N) is 15. The number of anilines is 5. The van der Waals surface area contributed by atoms with Crippen molar-refractivity contribution in [2.45, 2.75) is 58.4 Å². The van der Waals surface area contributed by atoms with Crippen molar-refractivity contribution in [3.05, 3.63) is 262 Å². The molecule has 124 heavy (non-hydrogen) atoms. The summed E-state index contributed by atoms with van der Waals surface area (Å²) in [5.74, 6) is 4.64. The third-order valence-corrected chi connectivity index (χ3v) is 19.3. The molecule has 0 saturated heterocycles. The summed E-state index contributed by atoms with van der Waals surface area (Å²) in [6.07, 6.45) is 22.2. The van der Waals surface area contributed by atoms with Crippen LogP contribution in [0.25, 0.3) is 55.8 Å². The Morgan fingerprint density at radius 3 is 0.726 bits per heavy atom. The molecule has 10 aromatic heterocycles. The number of H-pyrrole nitrogens is 5. The van der Waals surface area contributed by atoms with Gasteiger partial charge in [-0.05, 0) is 138 Å². The van der Waals surface area contributed by atoms with E-state index in [0.29, 0.717) is 154 Å². The van der Waals surface area contributed by atoms with Crippen LogP contribution >= 0.6 is 0 Å². The Hall–Kier alpha value is -16.5. The zero-order chi connectivity index (χ0) is 85.4. The number of benzene rings is 5. The van der Waals surface area contributed by atoms with Gasteiger partial charge in [-0.25, -0.2) is 24.0 Å². The van der Waals surface area contributed by atoms with Gasteiger partial charge in [-0.15, -0.1) is 0 Å². The third kappa shape index (κ3) is 19.6. The normalized spacial score (nSPS) is 15.8. The summed E-state index contributed by atoms with van der Waals surface area (Å²) >= 11 is 0. The fourth-order valence-electron chi connectivity index (χ4n) is 13.4. The third-order valence-electron chi connectivity index (χ3n) is 19.3. The van der Waals surface area contributed by atoms with Gasteiger partial charge >= 0.3 is 58.5 Å². The summed E-state index contributed by atoms with van der Waals surface area (Å²) in [4.78, 5) is 117. The number of ether oxygens (including phenoxy) is 10. The first-order chi connectivity index (χ1) is 60.5. The van der Waals surface area contributed by atoms with Gasteiger partial charge in [0.1, 0.15) is 103 Å². The fourth-order valence-corrected chi connectivity index (χ4v) is 13.4. The van der Waals surface area contributed by atoms with E-state index in [0.717, 1.165) is 69.4 Å². The summed E-state index contributed by atoms with van der Waals surface area (Å²) in [7, 11) is 0. The first-order valence-corrected chi connectivity index (χ1v) is 39.3. The fraction of sp³-hybridized carbons (Fsp3) is 0.226. The van der Waals surface area contributed by atoms with Crippen LogP contribution in [-0.2, 0) is 32.7 Å². The zero-order valence-corrected chi connectivity index (χ0v) is 66.5. The molecule has 0 atom stereocenters. The Balaban J connectivity index is 0.000000115. The molecule has 0 amide bonds. The zero-order valence-electron chi connectivity index (χ0n) is 66.5.